The average molecular weight is 444 g/mol. The number of aromatic nitrogens is 3. The molecular weight excluding hydrogens is 430 g/mol. The minimum Gasteiger partial charge on any atom is -0.475 e. The van der Waals surface area contributed by atoms with Crippen molar-refractivity contribution in [3.8, 4) is 11.4 Å². The molecule has 2 aromatic heterocycles. The molecule has 0 atom stereocenters. The van der Waals surface area contributed by atoms with Crippen molar-refractivity contribution in [3.63, 3.8) is 0 Å². The summed E-state index contributed by atoms with van der Waals surface area (Å²) in [5, 5.41) is 21.4. The summed E-state index contributed by atoms with van der Waals surface area (Å²) >= 11 is 0. The third kappa shape index (κ3) is 8.85. The summed E-state index contributed by atoms with van der Waals surface area (Å²) in [6.07, 6.45) is -5.85. The zero-order valence-corrected chi connectivity index (χ0v) is 14.7. The Morgan fingerprint density at radius 2 is 1.50 bits per heavy atom. The third-order valence-electron chi connectivity index (χ3n) is 3.22. The van der Waals surface area contributed by atoms with Gasteiger partial charge in [-0.05, 0) is 31.1 Å². The van der Waals surface area contributed by atoms with Gasteiger partial charge in [0.1, 0.15) is 0 Å². The lowest BCUT2D eigenvalue weighted by molar-refractivity contribution is -0.193. The quantitative estimate of drug-likeness (QED) is 0.608. The van der Waals surface area contributed by atoms with Gasteiger partial charge in [-0.3, -0.25) is 4.98 Å². The van der Waals surface area contributed by atoms with E-state index in [1.165, 1.54) is 0 Å². The van der Waals surface area contributed by atoms with Crippen molar-refractivity contribution in [3.05, 3.63) is 30.4 Å². The Morgan fingerprint density at radius 1 is 1.03 bits per heavy atom. The summed E-state index contributed by atoms with van der Waals surface area (Å²) < 4.78 is 68.7. The van der Waals surface area contributed by atoms with E-state index in [9.17, 15) is 26.3 Å². The van der Waals surface area contributed by atoms with Crippen LogP contribution in [0.4, 0.5) is 26.3 Å². The van der Waals surface area contributed by atoms with Crippen LogP contribution in [0.3, 0.4) is 0 Å². The molecule has 0 radical (unpaired) electrons. The summed E-state index contributed by atoms with van der Waals surface area (Å²) in [4.78, 5) is 26.1. The first-order valence-electron chi connectivity index (χ1n) is 7.84. The largest absolute Gasteiger partial charge is 0.490 e. The molecule has 0 bridgehead atoms. The molecule has 0 aliphatic carbocycles. The monoisotopic (exact) mass is 444 g/mol. The number of carbonyl (C=O) groups is 2. The van der Waals surface area contributed by atoms with E-state index in [2.05, 4.69) is 20.4 Å². The lowest BCUT2D eigenvalue weighted by Crippen LogP contribution is -2.43. The van der Waals surface area contributed by atoms with Crippen molar-refractivity contribution in [2.24, 2.45) is 5.92 Å². The Morgan fingerprint density at radius 3 is 1.87 bits per heavy atom. The minimum absolute atomic E-state index is 0.643. The summed E-state index contributed by atoms with van der Waals surface area (Å²) in [5.74, 6) is -3.51. The van der Waals surface area contributed by atoms with E-state index < -0.39 is 24.3 Å². The van der Waals surface area contributed by atoms with Gasteiger partial charge in [0.25, 0.3) is 0 Å². The van der Waals surface area contributed by atoms with Crippen molar-refractivity contribution >= 4 is 11.9 Å². The molecule has 1 aliphatic rings. The number of hydrogen-bond donors (Lipinski definition) is 3. The number of nitrogens with one attached hydrogen (secondary N) is 1. The second kappa shape index (κ2) is 10.5. The van der Waals surface area contributed by atoms with Crippen LogP contribution in [0.5, 0.6) is 0 Å². The van der Waals surface area contributed by atoms with Crippen LogP contribution in [0.15, 0.2) is 29.0 Å². The number of hydrogen-bond acceptors (Lipinski definition) is 7. The van der Waals surface area contributed by atoms with Crippen molar-refractivity contribution in [1.29, 1.82) is 0 Å². The predicted molar refractivity (Wildman–Crippen MR) is 85.0 cm³/mol. The highest BCUT2D eigenvalue weighted by Crippen LogP contribution is 2.17. The first-order valence-corrected chi connectivity index (χ1v) is 7.84. The fourth-order valence-electron chi connectivity index (χ4n) is 1.70. The van der Waals surface area contributed by atoms with Gasteiger partial charge in [-0.1, -0.05) is 5.16 Å². The molecule has 166 valence electrons. The standard InChI is InChI=1S/C11H12N4O.2C2HF3O2/c1-3-12-4-2-9(1)11-14-10(16-15-11)5-8-6-13-7-8;2*3-2(4,5)1(6)7/h1-4,8,13H,5-7H2;2*(H,6,7). The van der Waals surface area contributed by atoms with E-state index in [-0.39, 0.29) is 0 Å². The summed E-state index contributed by atoms with van der Waals surface area (Å²) in [7, 11) is 0. The second-order valence-electron chi connectivity index (χ2n) is 5.58. The average Bonchev–Trinajstić information content (AvgIpc) is 3.07. The normalized spacial score (nSPS) is 13.8. The maximum atomic E-state index is 10.6. The molecule has 30 heavy (non-hydrogen) atoms. The summed E-state index contributed by atoms with van der Waals surface area (Å²) in [6, 6.07) is 3.75. The fourth-order valence-corrected chi connectivity index (χ4v) is 1.70. The van der Waals surface area contributed by atoms with Crippen LogP contribution < -0.4 is 5.32 Å². The number of rotatable bonds is 3. The maximum absolute atomic E-state index is 10.6. The highest BCUT2D eigenvalue weighted by Gasteiger charge is 2.38. The van der Waals surface area contributed by atoms with Gasteiger partial charge in [-0.2, -0.15) is 31.3 Å². The first-order chi connectivity index (χ1) is 13.8. The molecule has 3 heterocycles. The van der Waals surface area contributed by atoms with E-state index >= 15 is 0 Å². The summed E-state index contributed by atoms with van der Waals surface area (Å²) in [5.41, 5.74) is 0.941. The predicted octanol–water partition coefficient (Wildman–Crippen LogP) is 2.16. The van der Waals surface area contributed by atoms with Crippen molar-refractivity contribution < 1.29 is 50.7 Å². The van der Waals surface area contributed by atoms with Gasteiger partial charge in [0.05, 0.1) is 0 Å². The van der Waals surface area contributed by atoms with Gasteiger partial charge in [-0.25, -0.2) is 9.59 Å². The molecule has 0 aromatic carbocycles. The Labute approximate surface area is 163 Å². The number of nitrogens with zero attached hydrogens (tertiary/aromatic N) is 3. The van der Waals surface area contributed by atoms with E-state index in [0.29, 0.717) is 11.7 Å². The highest BCUT2D eigenvalue weighted by atomic mass is 19.4. The lowest BCUT2D eigenvalue weighted by Gasteiger charge is -2.25. The Hall–Kier alpha value is -3.23. The number of alkyl halides is 6. The third-order valence-corrected chi connectivity index (χ3v) is 3.22. The van der Waals surface area contributed by atoms with E-state index in [1.807, 2.05) is 12.1 Å². The van der Waals surface area contributed by atoms with Crippen LogP contribution in [-0.2, 0) is 16.0 Å². The molecular formula is C15H14F6N4O5. The highest BCUT2D eigenvalue weighted by molar-refractivity contribution is 5.73. The number of carboxylic acid groups (broad SMARTS) is 2. The summed E-state index contributed by atoms with van der Waals surface area (Å²) in [6.45, 7) is 2.10. The molecule has 15 heteroatoms. The van der Waals surface area contributed by atoms with Crippen LogP contribution in [0.2, 0.25) is 0 Å². The zero-order chi connectivity index (χ0) is 22.9. The molecule has 0 saturated carbocycles. The molecule has 2 aromatic rings. The van der Waals surface area contributed by atoms with Gasteiger partial charge < -0.3 is 20.1 Å². The number of halogens is 6. The molecule has 1 fully saturated rings. The van der Waals surface area contributed by atoms with E-state index in [4.69, 9.17) is 24.3 Å². The minimum atomic E-state index is -5.08. The number of carboxylic acids is 2. The molecule has 3 N–H and O–H groups in total. The van der Waals surface area contributed by atoms with Crippen LogP contribution in [0, 0.1) is 5.92 Å². The lowest BCUT2D eigenvalue weighted by atomic mass is 10.00. The number of aliphatic carboxylic acids is 2. The molecule has 1 saturated heterocycles. The van der Waals surface area contributed by atoms with Crippen LogP contribution in [0.25, 0.3) is 11.4 Å². The number of pyridine rings is 1. The van der Waals surface area contributed by atoms with Crippen molar-refractivity contribution in [1.82, 2.24) is 20.4 Å². The molecule has 0 spiro atoms. The van der Waals surface area contributed by atoms with Crippen LogP contribution >= 0.6 is 0 Å². The van der Waals surface area contributed by atoms with Gasteiger partial charge >= 0.3 is 24.3 Å². The Kier molecular flexibility index (Phi) is 8.70. The van der Waals surface area contributed by atoms with E-state index in [0.717, 1.165) is 31.0 Å². The van der Waals surface area contributed by atoms with Crippen molar-refractivity contribution in [2.75, 3.05) is 13.1 Å². The van der Waals surface area contributed by atoms with Crippen molar-refractivity contribution in [2.45, 2.75) is 18.8 Å². The van der Waals surface area contributed by atoms with Gasteiger partial charge in [0.2, 0.25) is 11.7 Å². The first kappa shape index (κ1) is 24.8. The SMILES string of the molecule is O=C(O)C(F)(F)F.O=C(O)C(F)(F)F.c1cc(-c2noc(CC3CNC3)n2)ccn1. The topological polar surface area (TPSA) is 138 Å². The fraction of sp³-hybridized carbons (Fsp3) is 0.400. The van der Waals surface area contributed by atoms with Crippen LogP contribution in [0.1, 0.15) is 5.89 Å². The zero-order valence-electron chi connectivity index (χ0n) is 14.7. The molecule has 3 rings (SSSR count). The molecule has 1 aliphatic heterocycles. The van der Waals surface area contributed by atoms with Gasteiger partial charge in [0, 0.05) is 24.4 Å². The molecule has 0 amide bonds. The second-order valence-corrected chi connectivity index (χ2v) is 5.58. The Balaban J connectivity index is 0.000000271. The smallest absolute Gasteiger partial charge is 0.475 e. The van der Waals surface area contributed by atoms with E-state index in [1.54, 1.807) is 12.4 Å². The van der Waals surface area contributed by atoms with Gasteiger partial charge in [-0.15, -0.1) is 0 Å². The molecule has 9 nitrogen and oxygen atoms in total. The van der Waals surface area contributed by atoms with Gasteiger partial charge in [0.15, 0.2) is 0 Å². The molecule has 0 unspecified atom stereocenters. The Bertz CT molecular complexity index is 797. The van der Waals surface area contributed by atoms with Crippen LogP contribution in [-0.4, -0.2) is 62.7 Å². The maximum Gasteiger partial charge on any atom is 0.490 e.